The molecule has 0 bridgehead atoms. The SMILES string of the molecule is O=C1/C(=C\c2ccccc2OCc2ccc([N+](=O)[O-])cc2)SC(=Nc2ccccc2)N1c1ccccc1. The maximum Gasteiger partial charge on any atom is 0.271 e. The molecule has 4 aromatic rings. The van der Waals surface area contributed by atoms with Crippen molar-refractivity contribution in [2.75, 3.05) is 4.90 Å². The van der Waals surface area contributed by atoms with Crippen LogP contribution in [-0.4, -0.2) is 16.0 Å². The van der Waals surface area contributed by atoms with Crippen LogP contribution in [0.5, 0.6) is 5.75 Å². The molecule has 37 heavy (non-hydrogen) atoms. The first-order valence-electron chi connectivity index (χ1n) is 11.5. The second kappa shape index (κ2) is 10.9. The molecule has 1 heterocycles. The number of hydrogen-bond acceptors (Lipinski definition) is 6. The van der Waals surface area contributed by atoms with E-state index in [2.05, 4.69) is 0 Å². The van der Waals surface area contributed by atoms with E-state index in [9.17, 15) is 14.9 Å². The molecule has 0 unspecified atom stereocenters. The Labute approximate surface area is 217 Å². The molecule has 1 fully saturated rings. The van der Waals surface area contributed by atoms with Crippen LogP contribution in [0.15, 0.2) is 119 Å². The van der Waals surface area contributed by atoms with E-state index in [1.807, 2.05) is 91.0 Å². The van der Waals surface area contributed by atoms with Gasteiger partial charge in [0.15, 0.2) is 5.17 Å². The Bertz CT molecular complexity index is 1490. The van der Waals surface area contributed by atoms with Crippen molar-refractivity contribution >= 4 is 46.0 Å². The smallest absolute Gasteiger partial charge is 0.271 e. The molecule has 0 aromatic heterocycles. The summed E-state index contributed by atoms with van der Waals surface area (Å²) in [5.74, 6) is 0.428. The van der Waals surface area contributed by atoms with Gasteiger partial charge in [-0.05, 0) is 65.9 Å². The minimum atomic E-state index is -0.434. The predicted molar refractivity (Wildman–Crippen MR) is 147 cm³/mol. The number of benzene rings is 4. The van der Waals surface area contributed by atoms with Gasteiger partial charge in [0.25, 0.3) is 11.6 Å². The number of aliphatic imine (C=N–C) groups is 1. The zero-order chi connectivity index (χ0) is 25.6. The topological polar surface area (TPSA) is 85.0 Å². The van der Waals surface area contributed by atoms with Crippen molar-refractivity contribution in [2.24, 2.45) is 4.99 Å². The van der Waals surface area contributed by atoms with Crippen LogP contribution in [0.25, 0.3) is 6.08 Å². The van der Waals surface area contributed by atoms with Gasteiger partial charge in [-0.2, -0.15) is 0 Å². The number of rotatable bonds is 7. The van der Waals surface area contributed by atoms with Gasteiger partial charge in [0.2, 0.25) is 0 Å². The van der Waals surface area contributed by atoms with E-state index in [1.165, 1.54) is 23.9 Å². The summed E-state index contributed by atoms with van der Waals surface area (Å²) in [6, 6.07) is 32.6. The lowest BCUT2D eigenvalue weighted by Gasteiger charge is -2.15. The average molecular weight is 508 g/mol. The van der Waals surface area contributed by atoms with Crippen LogP contribution in [0, 0.1) is 10.1 Å². The molecule has 182 valence electrons. The first-order valence-corrected chi connectivity index (χ1v) is 12.3. The molecule has 5 rings (SSSR count). The summed E-state index contributed by atoms with van der Waals surface area (Å²) in [4.78, 5) is 30.9. The number of para-hydroxylation sites is 3. The molecule has 8 heteroatoms. The van der Waals surface area contributed by atoms with Gasteiger partial charge in [0.1, 0.15) is 12.4 Å². The largest absolute Gasteiger partial charge is 0.488 e. The molecule has 1 aliphatic heterocycles. The molecule has 0 saturated carbocycles. The number of carbonyl (C=O) groups is 1. The van der Waals surface area contributed by atoms with Crippen LogP contribution >= 0.6 is 11.8 Å². The molecule has 4 aromatic carbocycles. The van der Waals surface area contributed by atoms with Crippen molar-refractivity contribution in [3.63, 3.8) is 0 Å². The lowest BCUT2D eigenvalue weighted by molar-refractivity contribution is -0.384. The number of carbonyl (C=O) groups excluding carboxylic acids is 1. The number of amides is 1. The summed E-state index contributed by atoms with van der Waals surface area (Å²) < 4.78 is 6.02. The van der Waals surface area contributed by atoms with Gasteiger partial charge in [-0.25, -0.2) is 4.99 Å². The number of anilines is 1. The first kappa shape index (κ1) is 24.0. The number of nitrogens with zero attached hydrogens (tertiary/aromatic N) is 3. The molecule has 1 amide bonds. The van der Waals surface area contributed by atoms with Crippen molar-refractivity contribution in [1.82, 2.24) is 0 Å². The fraction of sp³-hybridized carbons (Fsp3) is 0.0345. The molecule has 0 radical (unpaired) electrons. The number of ether oxygens (including phenoxy) is 1. The summed E-state index contributed by atoms with van der Waals surface area (Å²) in [5, 5.41) is 11.5. The normalized spacial score (nSPS) is 15.4. The molecular weight excluding hydrogens is 486 g/mol. The van der Waals surface area contributed by atoms with Gasteiger partial charge in [-0.3, -0.25) is 19.8 Å². The number of hydrogen-bond donors (Lipinski definition) is 0. The number of non-ortho nitro benzene ring substituents is 1. The standard InChI is InChI=1S/C29H21N3O4S/c33-28-27(37-29(30-23-10-3-1-4-11-23)31(28)24-12-5-2-6-13-24)19-22-9-7-8-14-26(22)36-20-21-15-17-25(18-16-21)32(34)35/h1-19H,20H2/b27-19+,30-29?. The zero-order valence-electron chi connectivity index (χ0n) is 19.6. The van der Waals surface area contributed by atoms with Gasteiger partial charge in [0, 0.05) is 17.7 Å². The first-order chi connectivity index (χ1) is 18.1. The van der Waals surface area contributed by atoms with Crippen molar-refractivity contribution < 1.29 is 14.5 Å². The van der Waals surface area contributed by atoms with E-state index in [4.69, 9.17) is 9.73 Å². The van der Waals surface area contributed by atoms with E-state index in [0.717, 1.165) is 22.5 Å². The molecule has 1 aliphatic rings. The number of nitro benzene ring substituents is 1. The Balaban J connectivity index is 1.43. The summed E-state index contributed by atoms with van der Waals surface area (Å²) in [7, 11) is 0. The van der Waals surface area contributed by atoms with Crippen LogP contribution in [0.2, 0.25) is 0 Å². The molecular formula is C29H21N3O4S. The number of amidine groups is 1. The lowest BCUT2D eigenvalue weighted by atomic mass is 10.1. The molecule has 0 N–H and O–H groups in total. The van der Waals surface area contributed by atoms with Crippen LogP contribution < -0.4 is 9.64 Å². The number of thioether (sulfide) groups is 1. The number of nitro groups is 1. The highest BCUT2D eigenvalue weighted by Gasteiger charge is 2.34. The van der Waals surface area contributed by atoms with Crippen LogP contribution in [0.1, 0.15) is 11.1 Å². The molecule has 0 spiro atoms. The second-order valence-corrected chi connectivity index (χ2v) is 9.08. The van der Waals surface area contributed by atoms with Crippen molar-refractivity contribution in [3.8, 4) is 5.75 Å². The Kier molecular flexibility index (Phi) is 7.09. The second-order valence-electron chi connectivity index (χ2n) is 8.07. The van der Waals surface area contributed by atoms with E-state index < -0.39 is 4.92 Å². The van der Waals surface area contributed by atoms with Crippen LogP contribution in [0.4, 0.5) is 17.1 Å². The van der Waals surface area contributed by atoms with Crippen LogP contribution in [-0.2, 0) is 11.4 Å². The van der Waals surface area contributed by atoms with Gasteiger partial charge in [-0.1, -0.05) is 54.6 Å². The Morgan fingerprint density at radius 2 is 1.51 bits per heavy atom. The van der Waals surface area contributed by atoms with E-state index in [1.54, 1.807) is 17.0 Å². The highest BCUT2D eigenvalue weighted by Crippen LogP contribution is 2.38. The third kappa shape index (κ3) is 5.60. The fourth-order valence-electron chi connectivity index (χ4n) is 3.71. The lowest BCUT2D eigenvalue weighted by Crippen LogP contribution is -2.28. The molecule has 7 nitrogen and oxygen atoms in total. The zero-order valence-corrected chi connectivity index (χ0v) is 20.4. The predicted octanol–water partition coefficient (Wildman–Crippen LogP) is 6.98. The van der Waals surface area contributed by atoms with E-state index >= 15 is 0 Å². The quantitative estimate of drug-likeness (QED) is 0.153. The van der Waals surface area contributed by atoms with Gasteiger partial charge in [-0.15, -0.1) is 0 Å². The third-order valence-electron chi connectivity index (χ3n) is 5.55. The van der Waals surface area contributed by atoms with Gasteiger partial charge >= 0.3 is 0 Å². The highest BCUT2D eigenvalue weighted by atomic mass is 32.2. The summed E-state index contributed by atoms with van der Waals surface area (Å²) in [6.45, 7) is 0.232. The molecule has 0 aliphatic carbocycles. The summed E-state index contributed by atoms with van der Waals surface area (Å²) in [6.07, 6.45) is 1.81. The third-order valence-corrected chi connectivity index (χ3v) is 6.52. The molecule has 1 saturated heterocycles. The minimum absolute atomic E-state index is 0.0293. The van der Waals surface area contributed by atoms with E-state index in [-0.39, 0.29) is 18.2 Å². The Hall–Kier alpha value is -4.69. The summed E-state index contributed by atoms with van der Waals surface area (Å²) in [5.41, 5.74) is 3.07. The average Bonchev–Trinajstić information content (AvgIpc) is 3.23. The van der Waals surface area contributed by atoms with E-state index in [0.29, 0.717) is 15.8 Å². The maximum atomic E-state index is 13.5. The van der Waals surface area contributed by atoms with Gasteiger partial charge in [0.05, 0.1) is 21.2 Å². The Morgan fingerprint density at radius 3 is 2.22 bits per heavy atom. The van der Waals surface area contributed by atoms with Crippen molar-refractivity contribution in [1.29, 1.82) is 0 Å². The van der Waals surface area contributed by atoms with Crippen molar-refractivity contribution in [2.45, 2.75) is 6.61 Å². The summed E-state index contributed by atoms with van der Waals surface area (Å²) >= 11 is 1.31. The molecule has 0 atom stereocenters. The maximum absolute atomic E-state index is 13.5. The monoisotopic (exact) mass is 507 g/mol. The Morgan fingerprint density at radius 1 is 0.865 bits per heavy atom. The van der Waals surface area contributed by atoms with Crippen LogP contribution in [0.3, 0.4) is 0 Å². The fourth-order valence-corrected chi connectivity index (χ4v) is 4.71. The van der Waals surface area contributed by atoms with Crippen molar-refractivity contribution in [3.05, 3.63) is 135 Å². The van der Waals surface area contributed by atoms with Gasteiger partial charge < -0.3 is 4.74 Å². The minimum Gasteiger partial charge on any atom is -0.488 e. The highest BCUT2D eigenvalue weighted by molar-refractivity contribution is 8.19.